The quantitative estimate of drug-likeness (QED) is 0.0850. The van der Waals surface area contributed by atoms with E-state index in [4.69, 9.17) is 17.0 Å². The molecule has 0 heterocycles. The minimum atomic E-state index is -0.826. The van der Waals surface area contributed by atoms with Crippen molar-refractivity contribution >= 4 is 48.1 Å². The molecule has 6 aromatic carbocycles. The van der Waals surface area contributed by atoms with Crippen molar-refractivity contribution in [1.82, 2.24) is 0 Å². The molecule has 0 saturated carbocycles. The van der Waals surface area contributed by atoms with Crippen molar-refractivity contribution in [2.75, 3.05) is 0 Å². The second-order valence-corrected chi connectivity index (χ2v) is 19.6. The van der Waals surface area contributed by atoms with Gasteiger partial charge in [-0.05, 0) is 59.8 Å². The number of hydrogen-bond acceptors (Lipinski definition) is 0. The van der Waals surface area contributed by atoms with Crippen molar-refractivity contribution in [2.24, 2.45) is 0 Å². The van der Waals surface area contributed by atoms with Crippen LogP contribution >= 0.6 is 17.0 Å². The average Bonchev–Trinajstić information content (AvgIpc) is 3.80. The Labute approximate surface area is 350 Å². The maximum absolute atomic E-state index is 4.93. The van der Waals surface area contributed by atoms with Gasteiger partial charge in [0.15, 0.2) is 0 Å². The molecule has 286 valence electrons. The van der Waals surface area contributed by atoms with Gasteiger partial charge >= 0.3 is 37.9 Å². The molecule has 0 amide bonds. The van der Waals surface area contributed by atoms with Gasteiger partial charge in [0.2, 0.25) is 0 Å². The molecule has 0 aliphatic rings. The first-order chi connectivity index (χ1) is 26.1. The summed E-state index contributed by atoms with van der Waals surface area (Å²) in [5.74, 6) is 1.06. The van der Waals surface area contributed by atoms with Gasteiger partial charge in [0.05, 0.1) is 0 Å². The topological polar surface area (TPSA) is 0 Å². The third-order valence-corrected chi connectivity index (χ3v) is 10.2. The van der Waals surface area contributed by atoms with Crippen molar-refractivity contribution in [3.05, 3.63) is 130 Å². The van der Waals surface area contributed by atoms with Gasteiger partial charge in [0.1, 0.15) is 0 Å². The van der Waals surface area contributed by atoms with Gasteiger partial charge in [-0.3, -0.25) is 0 Å². The molecule has 54 heavy (non-hydrogen) atoms. The van der Waals surface area contributed by atoms with Crippen LogP contribution in [0.25, 0.3) is 43.8 Å². The Morgan fingerprint density at radius 3 is 1.24 bits per heavy atom. The fourth-order valence-corrected chi connectivity index (χ4v) is 7.48. The third-order valence-electron chi connectivity index (χ3n) is 10.2. The van der Waals surface area contributed by atoms with Gasteiger partial charge in [-0.15, -0.1) is 69.1 Å². The van der Waals surface area contributed by atoms with Crippen molar-refractivity contribution < 1.29 is 20.8 Å². The number of benzene rings is 4. The SMILES string of the molecule is CCCCc1cc2c(-c3ccccc3CC)c(C(C)C)ccc2[cH-]1.CCCCc1cc2c(-c3ccccc3CC)c(C(C)C)ccc2[cH-]1.C[Si]C.[Cl][Zr+2][Cl]. The number of fused-ring (bicyclic) bond motifs is 2. The summed E-state index contributed by atoms with van der Waals surface area (Å²) < 4.78 is 0. The van der Waals surface area contributed by atoms with Gasteiger partial charge < -0.3 is 0 Å². The van der Waals surface area contributed by atoms with E-state index >= 15 is 0 Å². The molecule has 0 fully saturated rings. The molecule has 0 aliphatic heterocycles. The van der Waals surface area contributed by atoms with E-state index in [-0.39, 0.29) is 0 Å². The predicted octanol–water partition coefficient (Wildman–Crippen LogP) is 16.7. The maximum atomic E-state index is 4.93. The molecular formula is C50H64Cl2SiZr. The molecule has 0 unspecified atom stereocenters. The zero-order valence-corrected chi connectivity index (χ0v) is 39.8. The van der Waals surface area contributed by atoms with Gasteiger partial charge in [0.25, 0.3) is 0 Å². The van der Waals surface area contributed by atoms with E-state index < -0.39 is 20.8 Å². The van der Waals surface area contributed by atoms with Crippen LogP contribution in [0.15, 0.2) is 97.1 Å². The van der Waals surface area contributed by atoms with E-state index in [1.54, 1.807) is 0 Å². The van der Waals surface area contributed by atoms with Crippen LogP contribution in [0.4, 0.5) is 0 Å². The zero-order chi connectivity index (χ0) is 39.6. The molecule has 0 aromatic heterocycles. The first-order valence-electron chi connectivity index (χ1n) is 20.3. The van der Waals surface area contributed by atoms with E-state index in [1.165, 1.54) is 116 Å². The fraction of sp³-hybridized carbons (Fsp3) is 0.400. The summed E-state index contributed by atoms with van der Waals surface area (Å²) in [4.78, 5) is 0. The van der Waals surface area contributed by atoms with E-state index in [9.17, 15) is 0 Å². The molecule has 6 rings (SSSR count). The summed E-state index contributed by atoms with van der Waals surface area (Å²) in [6.07, 6.45) is 9.59. The Morgan fingerprint density at radius 2 is 0.926 bits per heavy atom. The summed E-state index contributed by atoms with van der Waals surface area (Å²) in [5.41, 5.74) is 14.6. The molecule has 2 radical (unpaired) electrons. The summed E-state index contributed by atoms with van der Waals surface area (Å²) >= 11 is -0.826. The number of hydrogen-bond donors (Lipinski definition) is 0. The van der Waals surface area contributed by atoms with Crippen LogP contribution in [0.5, 0.6) is 0 Å². The van der Waals surface area contributed by atoms with Gasteiger partial charge in [-0.2, -0.15) is 12.1 Å². The Kier molecular flexibility index (Phi) is 20.9. The van der Waals surface area contributed by atoms with Crippen LogP contribution in [-0.2, 0) is 46.5 Å². The molecule has 4 heteroatoms. The summed E-state index contributed by atoms with van der Waals surface area (Å²) in [5, 5.41) is 5.67. The monoisotopic (exact) mass is 852 g/mol. The molecule has 0 saturated heterocycles. The average molecular weight is 855 g/mol. The van der Waals surface area contributed by atoms with Crippen LogP contribution in [0.1, 0.15) is 126 Å². The minimum absolute atomic E-state index is 0.531. The van der Waals surface area contributed by atoms with Crippen molar-refractivity contribution in [1.29, 1.82) is 0 Å². The molecule has 0 aliphatic carbocycles. The van der Waals surface area contributed by atoms with Crippen LogP contribution in [-0.4, -0.2) is 9.52 Å². The molecule has 0 nitrogen and oxygen atoms in total. The molecule has 0 spiro atoms. The zero-order valence-electron chi connectivity index (χ0n) is 34.8. The third kappa shape index (κ3) is 12.4. The van der Waals surface area contributed by atoms with Crippen molar-refractivity contribution in [3.63, 3.8) is 0 Å². The van der Waals surface area contributed by atoms with Gasteiger partial charge in [-0.1, -0.05) is 165 Å². The van der Waals surface area contributed by atoms with Crippen LogP contribution < -0.4 is 0 Å². The Bertz CT molecular complexity index is 1830. The molecule has 6 aromatic rings. The summed E-state index contributed by atoms with van der Waals surface area (Å²) in [7, 11) is 11.0. The number of unbranched alkanes of at least 4 members (excludes halogenated alkanes) is 2. The van der Waals surface area contributed by atoms with Crippen molar-refractivity contribution in [3.8, 4) is 22.3 Å². The predicted molar refractivity (Wildman–Crippen MR) is 243 cm³/mol. The van der Waals surface area contributed by atoms with E-state index in [1.807, 2.05) is 0 Å². The van der Waals surface area contributed by atoms with Gasteiger partial charge in [0, 0.05) is 9.52 Å². The molecule has 0 bridgehead atoms. The summed E-state index contributed by atoms with van der Waals surface area (Å²) in [6, 6.07) is 36.8. The first kappa shape index (κ1) is 46.2. The second kappa shape index (κ2) is 24.4. The second-order valence-electron chi connectivity index (χ2n) is 14.9. The van der Waals surface area contributed by atoms with Crippen LogP contribution in [0, 0.1) is 0 Å². The number of aryl methyl sites for hydroxylation is 4. The van der Waals surface area contributed by atoms with Crippen LogP contribution in [0.2, 0.25) is 13.1 Å². The number of halogens is 2. The normalized spacial score (nSPS) is 10.8. The van der Waals surface area contributed by atoms with Gasteiger partial charge in [-0.25, -0.2) is 0 Å². The summed E-state index contributed by atoms with van der Waals surface area (Å²) in [6.45, 7) is 22.6. The van der Waals surface area contributed by atoms with Crippen LogP contribution in [0.3, 0.4) is 0 Å². The van der Waals surface area contributed by atoms with E-state index in [0.29, 0.717) is 11.8 Å². The Balaban J connectivity index is 0.000000254. The fourth-order valence-electron chi connectivity index (χ4n) is 7.48. The van der Waals surface area contributed by atoms with E-state index in [2.05, 4.69) is 166 Å². The molecular weight excluding hydrogens is 791 g/mol. The molecule has 0 atom stereocenters. The Morgan fingerprint density at radius 1 is 0.574 bits per heavy atom. The first-order valence-corrected chi connectivity index (χ1v) is 28.6. The molecule has 0 N–H and O–H groups in total. The van der Waals surface area contributed by atoms with Crippen molar-refractivity contribution in [2.45, 2.75) is 132 Å². The van der Waals surface area contributed by atoms with E-state index in [0.717, 1.165) is 22.4 Å². The number of rotatable bonds is 12. The standard InChI is InChI=1S/2C24H29.C2H6Si.2ClH.Zr/c2*1-5-7-10-18-15-20-13-14-21(17(3)4)24(23(20)16-18)22-12-9-8-11-19(22)6-2;1-3-2;;;/h2*8-9,11-17H,5-7,10H2,1-4H3;1-2H3;2*1H;/q2*-1;;;;+4/p-2. The Hall–Kier alpha value is -2.22.